The van der Waals surface area contributed by atoms with Crippen molar-refractivity contribution in [1.29, 1.82) is 0 Å². The van der Waals surface area contributed by atoms with Crippen LogP contribution in [0.5, 0.6) is 0 Å². The summed E-state index contributed by atoms with van der Waals surface area (Å²) in [6.45, 7) is 5.43. The molecule has 44 valence electrons. The third-order valence-electron chi connectivity index (χ3n) is 1.65. The van der Waals surface area contributed by atoms with Crippen LogP contribution in [0.1, 0.15) is 32.1 Å². The Morgan fingerprint density at radius 3 is 2.75 bits per heavy atom. The average Bonchev–Trinajstić information content (AvgIpc) is 1.90. The van der Waals surface area contributed by atoms with Crippen LogP contribution in [0.15, 0.2) is 11.6 Å². The second-order valence-electron chi connectivity index (χ2n) is 2.31. The van der Waals surface area contributed by atoms with Gasteiger partial charge in [0, 0.05) is 0 Å². The Bertz CT molecular complexity index is 90.2. The van der Waals surface area contributed by atoms with Gasteiger partial charge >= 0.3 is 0 Å². The van der Waals surface area contributed by atoms with E-state index in [0.717, 1.165) is 6.42 Å². The fourth-order valence-electron chi connectivity index (χ4n) is 1.09. The molecule has 0 N–H and O–H groups in total. The van der Waals surface area contributed by atoms with E-state index >= 15 is 0 Å². The van der Waals surface area contributed by atoms with Gasteiger partial charge in [-0.15, -0.1) is 0 Å². The van der Waals surface area contributed by atoms with Gasteiger partial charge in [0.1, 0.15) is 0 Å². The SMILES string of the molecule is [CH]CC1=CCCCC1. The van der Waals surface area contributed by atoms with Crippen molar-refractivity contribution in [2.45, 2.75) is 32.1 Å². The van der Waals surface area contributed by atoms with Gasteiger partial charge in [0.15, 0.2) is 0 Å². The fourth-order valence-corrected chi connectivity index (χ4v) is 1.09. The van der Waals surface area contributed by atoms with Gasteiger partial charge in [-0.05, 0) is 39.0 Å². The Morgan fingerprint density at radius 2 is 2.38 bits per heavy atom. The summed E-state index contributed by atoms with van der Waals surface area (Å²) in [4.78, 5) is 0. The van der Waals surface area contributed by atoms with Gasteiger partial charge < -0.3 is 0 Å². The van der Waals surface area contributed by atoms with Crippen molar-refractivity contribution in [2.75, 3.05) is 0 Å². The molecule has 0 unspecified atom stereocenters. The lowest BCUT2D eigenvalue weighted by Crippen LogP contribution is -1.88. The first-order valence-corrected chi connectivity index (χ1v) is 3.31. The van der Waals surface area contributed by atoms with Crippen molar-refractivity contribution in [3.8, 4) is 0 Å². The minimum Gasteiger partial charge on any atom is -0.0853 e. The predicted octanol–water partition coefficient (Wildman–Crippen LogP) is 2.59. The van der Waals surface area contributed by atoms with E-state index in [1.807, 2.05) is 0 Å². The topological polar surface area (TPSA) is 0 Å². The Balaban J connectivity index is 2.37. The average molecular weight is 108 g/mol. The van der Waals surface area contributed by atoms with E-state index in [-0.39, 0.29) is 0 Å². The van der Waals surface area contributed by atoms with Crippen LogP contribution < -0.4 is 0 Å². The van der Waals surface area contributed by atoms with E-state index in [1.165, 1.54) is 31.3 Å². The first-order valence-electron chi connectivity index (χ1n) is 3.31. The quantitative estimate of drug-likeness (QED) is 0.453. The second kappa shape index (κ2) is 2.91. The van der Waals surface area contributed by atoms with Gasteiger partial charge in [-0.1, -0.05) is 11.6 Å². The molecule has 1 aliphatic rings. The van der Waals surface area contributed by atoms with Crippen LogP contribution in [-0.2, 0) is 0 Å². The molecule has 0 aliphatic heterocycles. The molecule has 0 atom stereocenters. The maximum absolute atomic E-state index is 5.43. The Kier molecular flexibility index (Phi) is 2.13. The number of hydrogen-bond acceptors (Lipinski definition) is 0. The van der Waals surface area contributed by atoms with Gasteiger partial charge in [0.05, 0.1) is 0 Å². The van der Waals surface area contributed by atoms with Crippen LogP contribution >= 0.6 is 0 Å². The molecule has 0 amide bonds. The van der Waals surface area contributed by atoms with Crippen LogP contribution in [0.25, 0.3) is 0 Å². The van der Waals surface area contributed by atoms with E-state index in [0.29, 0.717) is 0 Å². The van der Waals surface area contributed by atoms with E-state index in [1.54, 1.807) is 0 Å². The third kappa shape index (κ3) is 1.36. The molecule has 1 rings (SSSR count). The number of hydrogen-bond donors (Lipinski definition) is 0. The molecule has 8 heavy (non-hydrogen) atoms. The highest BCUT2D eigenvalue weighted by Crippen LogP contribution is 2.18. The molecule has 0 nitrogen and oxygen atoms in total. The van der Waals surface area contributed by atoms with Crippen molar-refractivity contribution in [2.24, 2.45) is 0 Å². The first-order chi connectivity index (χ1) is 3.93. The van der Waals surface area contributed by atoms with Crippen molar-refractivity contribution < 1.29 is 0 Å². The molecule has 0 saturated heterocycles. The summed E-state index contributed by atoms with van der Waals surface area (Å²) in [6, 6.07) is 0. The van der Waals surface area contributed by atoms with Gasteiger partial charge in [0.25, 0.3) is 0 Å². The van der Waals surface area contributed by atoms with Gasteiger partial charge in [-0.25, -0.2) is 0 Å². The van der Waals surface area contributed by atoms with E-state index in [4.69, 9.17) is 6.92 Å². The highest BCUT2D eigenvalue weighted by molar-refractivity contribution is 5.05. The second-order valence-corrected chi connectivity index (χ2v) is 2.31. The lowest BCUT2D eigenvalue weighted by molar-refractivity contribution is 0.691. The van der Waals surface area contributed by atoms with Crippen LogP contribution in [0.4, 0.5) is 0 Å². The van der Waals surface area contributed by atoms with Crippen molar-refractivity contribution in [1.82, 2.24) is 0 Å². The van der Waals surface area contributed by atoms with Gasteiger partial charge in [-0.3, -0.25) is 0 Å². The molecule has 0 saturated carbocycles. The summed E-state index contributed by atoms with van der Waals surface area (Å²) < 4.78 is 0. The van der Waals surface area contributed by atoms with E-state index in [2.05, 4.69) is 6.08 Å². The fraction of sp³-hybridized carbons (Fsp3) is 0.625. The summed E-state index contributed by atoms with van der Waals surface area (Å²) in [5.41, 5.74) is 1.45. The standard InChI is InChI=1S/C8H12/c1-2-8-6-4-3-5-7-8/h1,6H,2-5,7H2. The Hall–Kier alpha value is -0.260. The predicted molar refractivity (Wildman–Crippen MR) is 35.5 cm³/mol. The minimum atomic E-state index is 0.778. The van der Waals surface area contributed by atoms with Crippen LogP contribution in [0.2, 0.25) is 0 Å². The smallest absolute Gasteiger partial charge is 0.0286 e. The van der Waals surface area contributed by atoms with Crippen LogP contribution in [0, 0.1) is 6.92 Å². The summed E-state index contributed by atoms with van der Waals surface area (Å²) >= 11 is 0. The van der Waals surface area contributed by atoms with E-state index in [9.17, 15) is 0 Å². The zero-order chi connectivity index (χ0) is 5.82. The largest absolute Gasteiger partial charge is 0.0853 e. The Labute approximate surface area is 51.6 Å². The molecule has 0 aromatic heterocycles. The van der Waals surface area contributed by atoms with Crippen molar-refractivity contribution in [3.63, 3.8) is 0 Å². The maximum atomic E-state index is 5.43. The molecule has 2 radical (unpaired) electrons. The summed E-state index contributed by atoms with van der Waals surface area (Å²) in [5, 5.41) is 0. The molecule has 1 aliphatic carbocycles. The molecule has 0 heterocycles. The lowest BCUT2D eigenvalue weighted by atomic mass is 9.98. The summed E-state index contributed by atoms with van der Waals surface area (Å²) in [5.74, 6) is 0. The minimum absolute atomic E-state index is 0.778. The monoisotopic (exact) mass is 108 g/mol. The molecule has 0 heteroatoms. The zero-order valence-corrected chi connectivity index (χ0v) is 5.19. The molecule has 0 bridgehead atoms. The highest BCUT2D eigenvalue weighted by Gasteiger charge is 1.98. The Morgan fingerprint density at radius 1 is 1.50 bits per heavy atom. The van der Waals surface area contributed by atoms with Gasteiger partial charge in [-0.2, -0.15) is 0 Å². The molecular weight excluding hydrogens is 96.1 g/mol. The van der Waals surface area contributed by atoms with E-state index < -0.39 is 0 Å². The zero-order valence-electron chi connectivity index (χ0n) is 5.19. The normalized spacial score (nSPS) is 20.4. The number of allylic oxidation sites excluding steroid dienone is 2. The van der Waals surface area contributed by atoms with Gasteiger partial charge in [0.2, 0.25) is 0 Å². The summed E-state index contributed by atoms with van der Waals surface area (Å²) in [6.07, 6.45) is 8.28. The molecule has 0 aromatic carbocycles. The molecule has 0 fully saturated rings. The third-order valence-corrected chi connectivity index (χ3v) is 1.65. The lowest BCUT2D eigenvalue weighted by Gasteiger charge is -2.08. The number of rotatable bonds is 1. The highest BCUT2D eigenvalue weighted by atomic mass is 14.0. The molecule has 0 spiro atoms. The summed E-state index contributed by atoms with van der Waals surface area (Å²) in [7, 11) is 0. The van der Waals surface area contributed by atoms with Crippen LogP contribution in [0.3, 0.4) is 0 Å². The maximum Gasteiger partial charge on any atom is -0.0286 e. The molecule has 0 aromatic rings. The van der Waals surface area contributed by atoms with Crippen molar-refractivity contribution >= 4 is 0 Å². The molecular formula is C8H12. The first kappa shape index (κ1) is 5.87. The van der Waals surface area contributed by atoms with Crippen molar-refractivity contribution in [3.05, 3.63) is 18.6 Å². The van der Waals surface area contributed by atoms with Crippen LogP contribution in [-0.4, -0.2) is 0 Å².